The Bertz CT molecular complexity index is 588. The number of amides is 1. The van der Waals surface area contributed by atoms with E-state index in [4.69, 9.17) is 4.74 Å². The highest BCUT2D eigenvalue weighted by Gasteiger charge is 2.24. The van der Waals surface area contributed by atoms with Crippen molar-refractivity contribution >= 4 is 12.1 Å². The van der Waals surface area contributed by atoms with Gasteiger partial charge < -0.3 is 25.3 Å². The van der Waals surface area contributed by atoms with Crippen LogP contribution in [0.15, 0.2) is 11.3 Å². The molecule has 3 N–H and O–H groups in total. The van der Waals surface area contributed by atoms with E-state index in [-0.39, 0.29) is 0 Å². The van der Waals surface area contributed by atoms with Gasteiger partial charge in [-0.1, -0.05) is 0 Å². The number of aliphatic imine (C=N–C) groups is 1. The second-order valence-corrected chi connectivity index (χ2v) is 7.42. The molecule has 1 aromatic rings. The number of carbonyl (C=O) groups is 1. The number of nitrogens with zero attached hydrogens (tertiary/aromatic N) is 4. The minimum absolute atomic E-state index is 0.408. The van der Waals surface area contributed by atoms with E-state index in [2.05, 4.69) is 31.1 Å². The first-order chi connectivity index (χ1) is 11.5. The second-order valence-electron chi connectivity index (χ2n) is 7.42. The predicted molar refractivity (Wildman–Crippen MR) is 97.3 cm³/mol. The third-order valence-electron chi connectivity index (χ3n) is 3.07. The molecule has 0 saturated heterocycles. The van der Waals surface area contributed by atoms with Crippen molar-refractivity contribution in [2.24, 2.45) is 12.0 Å². The number of carbonyl (C=O) groups excluding carboxylic acids is 1. The maximum atomic E-state index is 11.9. The number of guanidine groups is 1. The molecule has 1 rings (SSSR count). The van der Waals surface area contributed by atoms with E-state index in [9.17, 15) is 4.79 Å². The second kappa shape index (κ2) is 8.68. The predicted octanol–water partition coefficient (Wildman–Crippen LogP) is 1.17. The lowest BCUT2D eigenvalue weighted by Crippen LogP contribution is -2.54. The average Bonchev–Trinajstić information content (AvgIpc) is 2.84. The van der Waals surface area contributed by atoms with Crippen molar-refractivity contribution in [3.63, 3.8) is 0 Å². The Morgan fingerprint density at radius 3 is 2.48 bits per heavy atom. The zero-order chi connectivity index (χ0) is 19.1. The van der Waals surface area contributed by atoms with Crippen molar-refractivity contribution in [2.75, 3.05) is 13.1 Å². The van der Waals surface area contributed by atoms with Gasteiger partial charge in [-0.3, -0.25) is 0 Å². The first-order valence-corrected chi connectivity index (χ1v) is 8.38. The quantitative estimate of drug-likeness (QED) is 0.524. The molecule has 1 heterocycles. The van der Waals surface area contributed by atoms with Gasteiger partial charge in [0.1, 0.15) is 18.5 Å². The first-order valence-electron chi connectivity index (χ1n) is 8.38. The molecule has 9 nitrogen and oxygen atoms in total. The Kier molecular flexibility index (Phi) is 7.20. The van der Waals surface area contributed by atoms with Crippen molar-refractivity contribution in [3.8, 4) is 0 Å². The fourth-order valence-electron chi connectivity index (χ4n) is 1.87. The summed E-state index contributed by atoms with van der Waals surface area (Å²) in [6.07, 6.45) is 1.19. The van der Waals surface area contributed by atoms with Crippen LogP contribution in [-0.2, 0) is 18.3 Å². The number of ether oxygens (including phenoxy) is 1. The molecule has 0 aliphatic heterocycles. The highest BCUT2D eigenvalue weighted by atomic mass is 16.6. The molecule has 0 aliphatic rings. The highest BCUT2D eigenvalue weighted by molar-refractivity contribution is 5.80. The van der Waals surface area contributed by atoms with Gasteiger partial charge in [0.25, 0.3) is 0 Å². The number of aromatic nitrogens is 3. The van der Waals surface area contributed by atoms with E-state index in [0.717, 1.165) is 12.4 Å². The number of nitrogens with one attached hydrogen (secondary N) is 3. The van der Waals surface area contributed by atoms with Gasteiger partial charge in [-0.2, -0.15) is 0 Å². The molecule has 0 saturated carbocycles. The van der Waals surface area contributed by atoms with Crippen molar-refractivity contribution in [1.82, 2.24) is 30.7 Å². The normalized spacial score (nSPS) is 12.7. The lowest BCUT2D eigenvalue weighted by atomic mass is 10.1. The molecule has 142 valence electrons. The van der Waals surface area contributed by atoms with Gasteiger partial charge >= 0.3 is 6.09 Å². The van der Waals surface area contributed by atoms with E-state index in [1.807, 2.05) is 53.2 Å². The molecule has 25 heavy (non-hydrogen) atoms. The van der Waals surface area contributed by atoms with Gasteiger partial charge in [0.05, 0.1) is 5.54 Å². The number of aryl methyl sites for hydroxylation is 1. The molecular formula is C16H31N7O2. The van der Waals surface area contributed by atoms with Crippen LogP contribution in [-0.4, -0.2) is 51.0 Å². The monoisotopic (exact) mass is 353 g/mol. The average molecular weight is 353 g/mol. The van der Waals surface area contributed by atoms with Crippen LogP contribution >= 0.6 is 0 Å². The smallest absolute Gasteiger partial charge is 0.408 e. The summed E-state index contributed by atoms with van der Waals surface area (Å²) in [5, 5.41) is 17.1. The Morgan fingerprint density at radius 1 is 1.28 bits per heavy atom. The van der Waals surface area contributed by atoms with Crippen molar-refractivity contribution in [1.29, 1.82) is 0 Å². The lowest BCUT2D eigenvalue weighted by molar-refractivity contribution is 0.0474. The summed E-state index contributed by atoms with van der Waals surface area (Å²) in [6.45, 7) is 12.9. The molecule has 9 heteroatoms. The molecule has 0 aliphatic carbocycles. The summed E-state index contributed by atoms with van der Waals surface area (Å²) in [5.41, 5.74) is -1.04. The van der Waals surface area contributed by atoms with Crippen LogP contribution < -0.4 is 16.0 Å². The summed E-state index contributed by atoms with van der Waals surface area (Å²) >= 11 is 0. The zero-order valence-corrected chi connectivity index (χ0v) is 16.3. The van der Waals surface area contributed by atoms with Gasteiger partial charge in [-0.05, 0) is 41.5 Å². The fraction of sp³-hybridized carbons (Fsp3) is 0.750. The molecule has 0 atom stereocenters. The van der Waals surface area contributed by atoms with E-state index in [0.29, 0.717) is 19.0 Å². The summed E-state index contributed by atoms with van der Waals surface area (Å²) in [4.78, 5) is 16.4. The van der Waals surface area contributed by atoms with E-state index in [1.165, 1.54) is 0 Å². The topological polar surface area (TPSA) is 105 Å². The van der Waals surface area contributed by atoms with Crippen LogP contribution in [0.5, 0.6) is 0 Å². The summed E-state index contributed by atoms with van der Waals surface area (Å²) in [6, 6.07) is 0. The molecule has 1 amide bonds. The van der Waals surface area contributed by atoms with Gasteiger partial charge in [-0.15, -0.1) is 10.2 Å². The third-order valence-corrected chi connectivity index (χ3v) is 3.07. The van der Waals surface area contributed by atoms with Gasteiger partial charge in [-0.25, -0.2) is 9.79 Å². The minimum Gasteiger partial charge on any atom is -0.444 e. The largest absolute Gasteiger partial charge is 0.444 e. The van der Waals surface area contributed by atoms with E-state index >= 15 is 0 Å². The van der Waals surface area contributed by atoms with Gasteiger partial charge in [0.15, 0.2) is 11.8 Å². The van der Waals surface area contributed by atoms with Crippen LogP contribution in [0.2, 0.25) is 0 Å². The van der Waals surface area contributed by atoms with Crippen LogP contribution in [0.1, 0.15) is 47.4 Å². The van der Waals surface area contributed by atoms with Crippen LogP contribution in [0.3, 0.4) is 0 Å². The maximum Gasteiger partial charge on any atom is 0.408 e. The summed E-state index contributed by atoms with van der Waals surface area (Å²) in [5.74, 6) is 1.41. The first kappa shape index (κ1) is 20.7. The Labute approximate surface area is 149 Å². The molecule has 0 radical (unpaired) electrons. The van der Waals surface area contributed by atoms with E-state index < -0.39 is 17.2 Å². The maximum absolute atomic E-state index is 11.9. The highest BCUT2D eigenvalue weighted by Crippen LogP contribution is 2.09. The zero-order valence-electron chi connectivity index (χ0n) is 16.3. The van der Waals surface area contributed by atoms with Crippen LogP contribution in [0, 0.1) is 0 Å². The number of hydrogen-bond acceptors (Lipinski definition) is 5. The number of alkyl carbamates (subject to hydrolysis) is 1. The Hall–Kier alpha value is -2.32. The molecule has 1 aromatic heterocycles. The van der Waals surface area contributed by atoms with Gasteiger partial charge in [0.2, 0.25) is 0 Å². The van der Waals surface area contributed by atoms with Crippen molar-refractivity contribution < 1.29 is 9.53 Å². The molecule has 0 fully saturated rings. The van der Waals surface area contributed by atoms with Crippen molar-refractivity contribution in [3.05, 3.63) is 12.2 Å². The molecule has 0 unspecified atom stereocenters. The van der Waals surface area contributed by atoms with Crippen LogP contribution in [0.25, 0.3) is 0 Å². The standard InChI is InChI=1S/C16H31N7O2/c1-8-17-13(18-9-12-22-20-11-23(12)7)19-10-16(5,6)21-14(24)25-15(2,3)4/h11H,8-10H2,1-7H3,(H,21,24)(H2,17,18,19). The lowest BCUT2D eigenvalue weighted by Gasteiger charge is -2.29. The summed E-state index contributed by atoms with van der Waals surface area (Å²) in [7, 11) is 1.87. The SMILES string of the molecule is CCNC(=NCc1nncn1C)NCC(C)(C)NC(=O)OC(C)(C)C. The van der Waals surface area contributed by atoms with Crippen LogP contribution in [0.4, 0.5) is 4.79 Å². The number of hydrogen-bond donors (Lipinski definition) is 3. The molecule has 0 bridgehead atoms. The van der Waals surface area contributed by atoms with Gasteiger partial charge in [0, 0.05) is 20.1 Å². The van der Waals surface area contributed by atoms with E-state index in [1.54, 1.807) is 6.33 Å². The minimum atomic E-state index is -0.528. The molecular weight excluding hydrogens is 322 g/mol. The Morgan fingerprint density at radius 2 is 1.96 bits per heavy atom. The molecule has 0 aromatic carbocycles. The summed E-state index contributed by atoms with van der Waals surface area (Å²) < 4.78 is 7.12. The Balaban J connectivity index is 2.60. The number of rotatable bonds is 6. The third kappa shape index (κ3) is 8.37. The molecule has 0 spiro atoms. The fourth-order valence-corrected chi connectivity index (χ4v) is 1.87. The van der Waals surface area contributed by atoms with Crippen molar-refractivity contribution in [2.45, 2.75) is 59.2 Å².